The van der Waals surface area contributed by atoms with Crippen molar-refractivity contribution in [1.29, 1.82) is 0 Å². The maximum Gasteiger partial charge on any atom is 0.416 e. The molecule has 0 atom stereocenters. The van der Waals surface area contributed by atoms with Crippen LogP contribution in [0.4, 0.5) is 18.9 Å². The number of aryl methyl sites for hydroxylation is 2. The number of piperazine rings is 1. The van der Waals surface area contributed by atoms with Crippen LogP contribution >= 0.6 is 0 Å². The molecule has 0 saturated carbocycles. The monoisotopic (exact) mass is 416 g/mol. The molecule has 1 aromatic heterocycles. The maximum atomic E-state index is 13.0. The van der Waals surface area contributed by atoms with Crippen molar-refractivity contribution in [3.8, 4) is 0 Å². The Hall–Kier alpha value is -2.96. The number of halogens is 3. The quantitative estimate of drug-likeness (QED) is 0.606. The predicted octanol–water partition coefficient (Wildman–Crippen LogP) is 4.96. The number of alkyl halides is 3. The molecule has 0 radical (unpaired) electrons. The summed E-state index contributed by atoms with van der Waals surface area (Å²) in [5.41, 5.74) is 3.76. The Kier molecular flexibility index (Phi) is 5.22. The summed E-state index contributed by atoms with van der Waals surface area (Å²) in [6.45, 7) is 5.97. The molecule has 7 heteroatoms. The van der Waals surface area contributed by atoms with Crippen LogP contribution < -0.4 is 4.90 Å². The summed E-state index contributed by atoms with van der Waals surface area (Å²) in [5, 5.41) is 0.953. The van der Waals surface area contributed by atoms with Crippen LogP contribution in [0.3, 0.4) is 0 Å². The molecule has 0 spiro atoms. The van der Waals surface area contributed by atoms with Crippen molar-refractivity contribution in [2.75, 3.05) is 31.1 Å². The van der Waals surface area contributed by atoms with Crippen molar-refractivity contribution in [2.24, 2.45) is 0 Å². The van der Waals surface area contributed by atoms with Gasteiger partial charge >= 0.3 is 6.18 Å². The molecule has 0 bridgehead atoms. The minimum Gasteiger partial charge on any atom is -0.464 e. The van der Waals surface area contributed by atoms with Gasteiger partial charge in [0.25, 0.3) is 0 Å². The van der Waals surface area contributed by atoms with Gasteiger partial charge in [-0.05, 0) is 43.2 Å². The molecule has 158 valence electrons. The molecule has 0 aliphatic carbocycles. The number of benzene rings is 2. The summed E-state index contributed by atoms with van der Waals surface area (Å²) in [6.07, 6.45) is -2.47. The van der Waals surface area contributed by atoms with E-state index >= 15 is 0 Å². The predicted molar refractivity (Wildman–Crippen MR) is 110 cm³/mol. The molecule has 1 amide bonds. The number of amides is 1. The largest absolute Gasteiger partial charge is 0.464 e. The van der Waals surface area contributed by atoms with E-state index in [4.69, 9.17) is 4.42 Å². The fourth-order valence-corrected chi connectivity index (χ4v) is 3.89. The molecule has 1 aliphatic heterocycles. The standard InChI is InChI=1S/C23H23F3N2O2/c1-15-6-7-20-17(14-30-22(20)16(15)2)12-21(29)28-10-8-27(9-11-28)19-5-3-4-18(13-19)23(24,25)26/h3-7,13-14H,8-12H2,1-2H3. The second-order valence-electron chi connectivity index (χ2n) is 7.74. The van der Waals surface area contributed by atoms with Gasteiger partial charge in [0.05, 0.1) is 18.2 Å². The third kappa shape index (κ3) is 3.88. The first kappa shape index (κ1) is 20.3. The first-order valence-electron chi connectivity index (χ1n) is 9.90. The molecule has 0 N–H and O–H groups in total. The van der Waals surface area contributed by atoms with Gasteiger partial charge in [-0.3, -0.25) is 4.79 Å². The summed E-state index contributed by atoms with van der Waals surface area (Å²) in [5.74, 6) is -0.000352. The zero-order chi connectivity index (χ0) is 21.5. The number of nitrogens with zero attached hydrogens (tertiary/aromatic N) is 2. The molecule has 0 unspecified atom stereocenters. The van der Waals surface area contributed by atoms with Crippen LogP contribution in [0.15, 0.2) is 47.1 Å². The van der Waals surface area contributed by atoms with E-state index < -0.39 is 11.7 Å². The Morgan fingerprint density at radius 1 is 1.07 bits per heavy atom. The number of rotatable bonds is 3. The van der Waals surface area contributed by atoms with Crippen molar-refractivity contribution in [3.05, 3.63) is 64.9 Å². The highest BCUT2D eigenvalue weighted by molar-refractivity contribution is 5.89. The van der Waals surface area contributed by atoms with E-state index in [0.717, 1.165) is 33.7 Å². The SMILES string of the molecule is Cc1ccc2c(CC(=O)N3CCN(c4cccc(C(F)(F)F)c4)CC3)coc2c1C. The fraction of sp³-hybridized carbons (Fsp3) is 0.348. The van der Waals surface area contributed by atoms with Gasteiger partial charge in [-0.25, -0.2) is 0 Å². The highest BCUT2D eigenvalue weighted by Crippen LogP contribution is 2.32. The number of hydrogen-bond acceptors (Lipinski definition) is 3. The number of carbonyl (C=O) groups is 1. The van der Waals surface area contributed by atoms with E-state index in [1.807, 2.05) is 30.9 Å². The van der Waals surface area contributed by atoms with Crippen molar-refractivity contribution in [3.63, 3.8) is 0 Å². The lowest BCUT2D eigenvalue weighted by Crippen LogP contribution is -2.49. The lowest BCUT2D eigenvalue weighted by atomic mass is 10.0. The fourth-order valence-electron chi connectivity index (χ4n) is 3.89. The molecule has 4 rings (SSSR count). The van der Waals surface area contributed by atoms with E-state index in [1.54, 1.807) is 17.2 Å². The first-order chi connectivity index (χ1) is 14.2. The zero-order valence-electron chi connectivity index (χ0n) is 16.9. The summed E-state index contributed by atoms with van der Waals surface area (Å²) < 4.78 is 44.6. The third-order valence-corrected chi connectivity index (χ3v) is 5.85. The highest BCUT2D eigenvalue weighted by Gasteiger charge is 2.31. The van der Waals surface area contributed by atoms with Crippen LogP contribution in [0.1, 0.15) is 22.3 Å². The Labute approximate surface area is 172 Å². The van der Waals surface area contributed by atoms with Crippen LogP contribution in [0.5, 0.6) is 0 Å². The van der Waals surface area contributed by atoms with Gasteiger partial charge in [0, 0.05) is 42.8 Å². The number of anilines is 1. The molecule has 1 saturated heterocycles. The maximum absolute atomic E-state index is 13.0. The molecule has 2 heterocycles. The normalized spacial score (nSPS) is 15.1. The van der Waals surface area contributed by atoms with E-state index in [1.165, 1.54) is 12.1 Å². The summed E-state index contributed by atoms with van der Waals surface area (Å²) >= 11 is 0. The van der Waals surface area contributed by atoms with Crippen molar-refractivity contribution < 1.29 is 22.4 Å². The molecule has 1 fully saturated rings. The topological polar surface area (TPSA) is 36.7 Å². The van der Waals surface area contributed by atoms with E-state index in [0.29, 0.717) is 31.9 Å². The second-order valence-corrected chi connectivity index (χ2v) is 7.74. The van der Waals surface area contributed by atoms with Gasteiger partial charge in [0.2, 0.25) is 5.91 Å². The number of carbonyl (C=O) groups excluding carboxylic acids is 1. The second kappa shape index (κ2) is 7.70. The summed E-state index contributed by atoms with van der Waals surface area (Å²) in [6, 6.07) is 9.34. The van der Waals surface area contributed by atoms with E-state index in [9.17, 15) is 18.0 Å². The Morgan fingerprint density at radius 3 is 2.50 bits per heavy atom. The highest BCUT2D eigenvalue weighted by atomic mass is 19.4. The molecule has 2 aromatic carbocycles. The van der Waals surface area contributed by atoms with Gasteiger partial charge in [0.1, 0.15) is 5.58 Å². The van der Waals surface area contributed by atoms with Gasteiger partial charge in [0.15, 0.2) is 0 Å². The van der Waals surface area contributed by atoms with E-state index in [2.05, 4.69) is 0 Å². The summed E-state index contributed by atoms with van der Waals surface area (Å²) in [4.78, 5) is 16.5. The average molecular weight is 416 g/mol. The van der Waals surface area contributed by atoms with E-state index in [-0.39, 0.29) is 12.3 Å². The molecular formula is C23H23F3N2O2. The number of hydrogen-bond donors (Lipinski definition) is 0. The Morgan fingerprint density at radius 2 is 1.80 bits per heavy atom. The third-order valence-electron chi connectivity index (χ3n) is 5.85. The lowest BCUT2D eigenvalue weighted by molar-refractivity contribution is -0.137. The van der Waals surface area contributed by atoms with Gasteiger partial charge in [-0.1, -0.05) is 18.2 Å². The molecule has 4 nitrogen and oxygen atoms in total. The van der Waals surface area contributed by atoms with Gasteiger partial charge in [-0.2, -0.15) is 13.2 Å². The smallest absolute Gasteiger partial charge is 0.416 e. The Bertz CT molecular complexity index is 1080. The van der Waals surface area contributed by atoms with Crippen molar-refractivity contribution in [1.82, 2.24) is 4.90 Å². The van der Waals surface area contributed by atoms with Crippen LogP contribution in [-0.2, 0) is 17.4 Å². The molecule has 3 aromatic rings. The Balaban J connectivity index is 1.41. The van der Waals surface area contributed by atoms with Crippen LogP contribution in [0.25, 0.3) is 11.0 Å². The van der Waals surface area contributed by atoms with Gasteiger partial charge < -0.3 is 14.2 Å². The van der Waals surface area contributed by atoms with Crippen molar-refractivity contribution in [2.45, 2.75) is 26.4 Å². The minimum absolute atomic E-state index is 0.000352. The molecule has 30 heavy (non-hydrogen) atoms. The lowest BCUT2D eigenvalue weighted by Gasteiger charge is -2.36. The molecule has 1 aliphatic rings. The van der Waals surface area contributed by atoms with Crippen LogP contribution in [0, 0.1) is 13.8 Å². The zero-order valence-corrected chi connectivity index (χ0v) is 16.9. The van der Waals surface area contributed by atoms with Crippen molar-refractivity contribution >= 4 is 22.6 Å². The van der Waals surface area contributed by atoms with Gasteiger partial charge in [-0.15, -0.1) is 0 Å². The average Bonchev–Trinajstić information content (AvgIpc) is 3.13. The van der Waals surface area contributed by atoms with Crippen LogP contribution in [0.2, 0.25) is 0 Å². The van der Waals surface area contributed by atoms with Crippen LogP contribution in [-0.4, -0.2) is 37.0 Å². The number of furan rings is 1. The summed E-state index contributed by atoms with van der Waals surface area (Å²) in [7, 11) is 0. The number of fused-ring (bicyclic) bond motifs is 1. The molecular weight excluding hydrogens is 393 g/mol. The minimum atomic E-state index is -4.36. The first-order valence-corrected chi connectivity index (χ1v) is 9.90.